The summed E-state index contributed by atoms with van der Waals surface area (Å²) in [5.41, 5.74) is 3.21. The zero-order valence-corrected chi connectivity index (χ0v) is 17.6. The van der Waals surface area contributed by atoms with Crippen molar-refractivity contribution in [2.45, 2.75) is 13.0 Å². The zero-order chi connectivity index (χ0) is 19.0. The third kappa shape index (κ3) is 4.01. The van der Waals surface area contributed by atoms with Crippen LogP contribution in [0.25, 0.3) is 0 Å². The number of ether oxygens (including phenoxy) is 1. The number of nitrogens with zero attached hydrogens (tertiary/aromatic N) is 4. The summed E-state index contributed by atoms with van der Waals surface area (Å²) in [4.78, 5) is 7.27. The second-order valence-electron chi connectivity index (χ2n) is 6.68. The Morgan fingerprint density at radius 2 is 2.11 bits per heavy atom. The van der Waals surface area contributed by atoms with E-state index in [0.717, 1.165) is 65.0 Å². The average molecular weight is 454 g/mol. The third-order valence-electron chi connectivity index (χ3n) is 4.81. The molecular weight excluding hydrogens is 433 g/mol. The number of halogens is 2. The van der Waals surface area contributed by atoms with Crippen LogP contribution >= 0.6 is 27.5 Å². The number of aliphatic imine (C=N–C) groups is 1. The van der Waals surface area contributed by atoms with Crippen LogP contribution in [0.1, 0.15) is 23.5 Å². The van der Waals surface area contributed by atoms with Crippen LogP contribution in [-0.4, -0.2) is 52.8 Å². The predicted molar refractivity (Wildman–Crippen MR) is 108 cm³/mol. The Bertz CT molecular complexity index is 887. The minimum absolute atomic E-state index is 0.179. The Morgan fingerprint density at radius 1 is 1.37 bits per heavy atom. The molecule has 0 amide bonds. The summed E-state index contributed by atoms with van der Waals surface area (Å²) >= 11 is 5.05. The second-order valence-corrected chi connectivity index (χ2v) is 8.63. The third-order valence-corrected chi connectivity index (χ3v) is 6.29. The summed E-state index contributed by atoms with van der Waals surface area (Å²) < 4.78 is 21.6. The molecule has 4 rings (SSSR count). The molecule has 3 heterocycles. The monoisotopic (exact) mass is 453 g/mol. The quantitative estimate of drug-likeness (QED) is 0.772. The fraction of sp³-hybridized carbons (Fsp3) is 0.444. The first-order valence-corrected chi connectivity index (χ1v) is 10.4. The smallest absolute Gasteiger partial charge is 0.197 e. The number of aromatic nitrogens is 2. The maximum Gasteiger partial charge on any atom is 0.197 e. The highest BCUT2D eigenvalue weighted by Gasteiger charge is 2.28. The van der Waals surface area contributed by atoms with Gasteiger partial charge in [-0.1, -0.05) is 22.0 Å². The number of morpholine rings is 1. The van der Waals surface area contributed by atoms with Crippen molar-refractivity contribution in [3.8, 4) is 0 Å². The van der Waals surface area contributed by atoms with E-state index in [1.165, 1.54) is 12.1 Å². The molecule has 0 spiro atoms. The maximum atomic E-state index is 13.6. The van der Waals surface area contributed by atoms with E-state index in [2.05, 4.69) is 38.2 Å². The fourth-order valence-corrected chi connectivity index (χ4v) is 4.47. The number of amidine groups is 1. The predicted octanol–water partition coefficient (Wildman–Crippen LogP) is 3.08. The van der Waals surface area contributed by atoms with Crippen LogP contribution in [0.3, 0.4) is 0 Å². The maximum absolute atomic E-state index is 13.6. The van der Waals surface area contributed by atoms with Crippen LogP contribution < -0.4 is 5.32 Å². The van der Waals surface area contributed by atoms with Crippen molar-refractivity contribution in [2.24, 2.45) is 12.0 Å². The topological polar surface area (TPSA) is 54.7 Å². The van der Waals surface area contributed by atoms with E-state index in [-0.39, 0.29) is 11.9 Å². The minimum atomic E-state index is -0.264. The van der Waals surface area contributed by atoms with E-state index < -0.39 is 0 Å². The van der Waals surface area contributed by atoms with Crippen LogP contribution in [0, 0.1) is 5.82 Å². The Kier molecular flexibility index (Phi) is 5.45. The van der Waals surface area contributed by atoms with Gasteiger partial charge in [-0.3, -0.25) is 9.89 Å². The van der Waals surface area contributed by atoms with Gasteiger partial charge in [-0.25, -0.2) is 8.46 Å². The van der Waals surface area contributed by atoms with Gasteiger partial charge < -0.3 is 10.1 Å². The van der Waals surface area contributed by atoms with Gasteiger partial charge >= 0.3 is 0 Å². The van der Waals surface area contributed by atoms with Gasteiger partial charge in [0.2, 0.25) is 0 Å². The molecular formula is C18H21BrFN5OS. The summed E-state index contributed by atoms with van der Waals surface area (Å²) in [6.07, 6.45) is 0. The molecule has 0 bridgehead atoms. The first-order chi connectivity index (χ1) is 13.0. The number of benzene rings is 1. The highest BCUT2D eigenvalue weighted by atomic mass is 79.9. The van der Waals surface area contributed by atoms with E-state index in [1.54, 1.807) is 21.7 Å². The van der Waals surface area contributed by atoms with Crippen LogP contribution in [0.5, 0.6) is 0 Å². The summed E-state index contributed by atoms with van der Waals surface area (Å²) in [5.74, 6) is 0.507. The van der Waals surface area contributed by atoms with Crippen molar-refractivity contribution in [2.75, 3.05) is 32.8 Å². The Labute approximate surface area is 170 Å². The summed E-state index contributed by atoms with van der Waals surface area (Å²) in [7, 11) is 1.90. The highest BCUT2D eigenvalue weighted by molar-refractivity contribution is 9.10. The fourth-order valence-electron chi connectivity index (χ4n) is 3.30. The van der Waals surface area contributed by atoms with E-state index in [9.17, 15) is 4.39 Å². The van der Waals surface area contributed by atoms with Crippen LogP contribution in [0.2, 0.25) is 0 Å². The van der Waals surface area contributed by atoms with Crippen LogP contribution in [-0.2, 0) is 11.8 Å². The number of aryl methyl sites for hydroxylation is 1. The second kappa shape index (κ2) is 7.83. The molecule has 0 saturated carbocycles. The minimum Gasteiger partial charge on any atom is -0.379 e. The lowest BCUT2D eigenvalue weighted by Crippen LogP contribution is -2.42. The van der Waals surface area contributed by atoms with Gasteiger partial charge in [-0.2, -0.15) is 0 Å². The van der Waals surface area contributed by atoms with Gasteiger partial charge in [0.15, 0.2) is 10.8 Å². The lowest BCUT2D eigenvalue weighted by molar-refractivity contribution is 0.0417. The molecule has 1 saturated heterocycles. The molecule has 27 heavy (non-hydrogen) atoms. The molecule has 1 aromatic heterocycles. The number of hydrogen-bond acceptors (Lipinski definition) is 6. The van der Waals surface area contributed by atoms with Gasteiger partial charge in [-0.15, -0.1) is 5.10 Å². The number of hydrogen-bond donors (Lipinski definition) is 1. The molecule has 144 valence electrons. The van der Waals surface area contributed by atoms with Crippen molar-refractivity contribution in [3.05, 3.63) is 50.3 Å². The normalized spacial score (nSPS) is 21.3. The van der Waals surface area contributed by atoms with E-state index in [4.69, 9.17) is 9.73 Å². The zero-order valence-electron chi connectivity index (χ0n) is 15.2. The van der Waals surface area contributed by atoms with Crippen molar-refractivity contribution >= 4 is 33.3 Å². The van der Waals surface area contributed by atoms with Crippen molar-refractivity contribution in [1.29, 1.82) is 0 Å². The van der Waals surface area contributed by atoms with Gasteiger partial charge in [0, 0.05) is 36.9 Å². The summed E-state index contributed by atoms with van der Waals surface area (Å²) in [5, 5.41) is 8.76. The van der Waals surface area contributed by atoms with Gasteiger partial charge in [-0.05, 0) is 41.7 Å². The van der Waals surface area contributed by atoms with Crippen molar-refractivity contribution in [3.63, 3.8) is 0 Å². The number of rotatable bonds is 4. The first-order valence-electron chi connectivity index (χ1n) is 8.81. The molecule has 6 nitrogen and oxygen atoms in total. The van der Waals surface area contributed by atoms with Crippen LogP contribution in [0.4, 0.5) is 4.39 Å². The Morgan fingerprint density at radius 3 is 2.78 bits per heavy atom. The molecule has 1 unspecified atom stereocenters. The van der Waals surface area contributed by atoms with Gasteiger partial charge in [0.1, 0.15) is 11.9 Å². The number of nitrogens with one attached hydrogen (secondary N) is 1. The standard InChI is InChI=1S/C18H21BrFN5OS/c1-11-15(10-25-5-7-26-8-6-25)21-17(18-23-24(2)27-18)22-16(11)13-4-3-12(20)9-14(13)19/h3-4,9,16H,5-8,10H2,1-2H3,(H,21,22). The van der Waals surface area contributed by atoms with E-state index in [1.807, 2.05) is 7.05 Å². The molecule has 2 aliphatic rings. The van der Waals surface area contributed by atoms with Crippen molar-refractivity contribution in [1.82, 2.24) is 19.4 Å². The van der Waals surface area contributed by atoms with E-state index >= 15 is 0 Å². The van der Waals surface area contributed by atoms with E-state index in [0.29, 0.717) is 0 Å². The SMILES string of the molecule is CC1=C(CN2CCOCC2)NC(c2nn(C)s2)=NC1c1ccc(F)cc1Br. The average Bonchev–Trinajstić information content (AvgIpc) is 2.62. The van der Waals surface area contributed by atoms with Crippen LogP contribution in [0.15, 0.2) is 38.9 Å². The molecule has 0 radical (unpaired) electrons. The largest absolute Gasteiger partial charge is 0.379 e. The Hall–Kier alpha value is -1.55. The molecule has 2 aromatic rings. The molecule has 1 atom stereocenters. The summed E-state index contributed by atoms with van der Waals surface area (Å²) in [6.45, 7) is 6.23. The molecule has 1 aromatic carbocycles. The molecule has 9 heteroatoms. The molecule has 2 aliphatic heterocycles. The van der Waals surface area contributed by atoms with Gasteiger partial charge in [0.25, 0.3) is 0 Å². The van der Waals surface area contributed by atoms with Gasteiger partial charge in [0.05, 0.1) is 13.2 Å². The Balaban J connectivity index is 1.69. The molecule has 0 aliphatic carbocycles. The van der Waals surface area contributed by atoms with Crippen molar-refractivity contribution < 1.29 is 9.13 Å². The molecule has 1 fully saturated rings. The first kappa shape index (κ1) is 18.8. The summed E-state index contributed by atoms with van der Waals surface area (Å²) in [6, 6.07) is 4.59. The lowest BCUT2D eigenvalue weighted by Gasteiger charge is -2.32. The molecule has 1 N–H and O–H groups in total. The highest BCUT2D eigenvalue weighted by Crippen LogP contribution is 2.36. The lowest BCUT2D eigenvalue weighted by atomic mass is 9.96.